The number of benzene rings is 1. The van der Waals surface area contributed by atoms with Crippen molar-refractivity contribution in [3.8, 4) is 5.75 Å². The molecule has 1 aromatic rings. The van der Waals surface area contributed by atoms with Crippen molar-refractivity contribution in [2.24, 2.45) is 5.73 Å². The quantitative estimate of drug-likeness (QED) is 0.527. The maximum Gasteiger partial charge on any atom is 0.495 e. The van der Waals surface area contributed by atoms with Crippen LogP contribution in [-0.4, -0.2) is 37.0 Å². The smallest absolute Gasteiger partial charge is 0.494 e. The summed E-state index contributed by atoms with van der Waals surface area (Å²) >= 11 is 0. The van der Waals surface area contributed by atoms with Gasteiger partial charge in [0.05, 0.1) is 12.7 Å². The van der Waals surface area contributed by atoms with Gasteiger partial charge in [-0.05, 0) is 11.6 Å². The van der Waals surface area contributed by atoms with E-state index in [0.29, 0.717) is 30.8 Å². The third kappa shape index (κ3) is 3.98. The van der Waals surface area contributed by atoms with Crippen molar-refractivity contribution in [1.29, 1.82) is 0 Å². The van der Waals surface area contributed by atoms with Gasteiger partial charge in [-0.2, -0.15) is 0 Å². The van der Waals surface area contributed by atoms with E-state index in [2.05, 4.69) is 0 Å². The van der Waals surface area contributed by atoms with Crippen LogP contribution >= 0.6 is 24.8 Å². The van der Waals surface area contributed by atoms with Gasteiger partial charge in [0.25, 0.3) is 0 Å². The van der Waals surface area contributed by atoms with E-state index < -0.39 is 7.12 Å². The van der Waals surface area contributed by atoms with E-state index in [9.17, 15) is 5.02 Å². The number of ether oxygens (including phenoxy) is 1. The number of halogens is 2. The van der Waals surface area contributed by atoms with Gasteiger partial charge in [0.15, 0.2) is 0 Å². The average Bonchev–Trinajstić information content (AvgIpc) is 2.68. The third-order valence-electron chi connectivity index (χ3n) is 2.76. The summed E-state index contributed by atoms with van der Waals surface area (Å²) in [5.41, 5.74) is 7.10. The van der Waals surface area contributed by atoms with Crippen LogP contribution in [0.25, 0.3) is 0 Å². The number of hydrogen-bond acceptors (Lipinski definition) is 5. The number of aliphatic hydroxyl groups is 1. The molecule has 0 spiro atoms. The Morgan fingerprint density at radius 1 is 1.37 bits per heavy atom. The van der Waals surface area contributed by atoms with Gasteiger partial charge in [-0.3, -0.25) is 0 Å². The summed E-state index contributed by atoms with van der Waals surface area (Å²) in [6.45, 7) is 0.816. The zero-order chi connectivity index (χ0) is 12.3. The standard InChI is InChI=1S/C11H16BNO4.2ClH/c13-7-10-8-3-1-4-9(16-6-2-5-14)11(8)12(15)17-10;;/h1,3-4,10,14-15H,2,5-7,13H2;2*1H/t10-;;/m1../s1. The molecule has 0 aliphatic carbocycles. The molecule has 2 rings (SSSR count). The molecule has 19 heavy (non-hydrogen) atoms. The average molecular weight is 310 g/mol. The lowest BCUT2D eigenvalue weighted by Gasteiger charge is -2.11. The summed E-state index contributed by atoms with van der Waals surface area (Å²) in [7, 11) is -0.983. The number of hydrogen-bond donors (Lipinski definition) is 3. The fraction of sp³-hybridized carbons (Fsp3) is 0.455. The van der Waals surface area contributed by atoms with Crippen molar-refractivity contribution < 1.29 is 19.5 Å². The van der Waals surface area contributed by atoms with E-state index in [1.807, 2.05) is 12.1 Å². The molecule has 0 bridgehead atoms. The van der Waals surface area contributed by atoms with Crippen molar-refractivity contribution >= 4 is 37.4 Å². The van der Waals surface area contributed by atoms with Crippen LogP contribution in [0.15, 0.2) is 18.2 Å². The fourth-order valence-corrected chi connectivity index (χ4v) is 1.96. The first-order valence-corrected chi connectivity index (χ1v) is 5.68. The Bertz CT molecular complexity index is 397. The largest absolute Gasteiger partial charge is 0.495 e. The van der Waals surface area contributed by atoms with Gasteiger partial charge >= 0.3 is 7.12 Å². The lowest BCUT2D eigenvalue weighted by Crippen LogP contribution is -2.30. The minimum absolute atomic E-state index is 0. The fourth-order valence-electron chi connectivity index (χ4n) is 1.96. The normalized spacial score (nSPS) is 16.4. The maximum absolute atomic E-state index is 9.81. The SMILES string of the molecule is Cl.Cl.NC[C@H]1OB(O)c2c(OCCCO)cccc21. The predicted molar refractivity (Wildman–Crippen MR) is 78.6 cm³/mol. The van der Waals surface area contributed by atoms with E-state index in [-0.39, 0.29) is 37.5 Å². The summed E-state index contributed by atoms with van der Waals surface area (Å²) in [5, 5.41) is 18.5. The minimum Gasteiger partial charge on any atom is -0.494 e. The molecule has 0 aromatic heterocycles. The Balaban J connectivity index is 0.00000162. The molecule has 1 atom stereocenters. The van der Waals surface area contributed by atoms with Gasteiger partial charge in [-0.1, -0.05) is 12.1 Å². The van der Waals surface area contributed by atoms with Gasteiger partial charge in [-0.25, -0.2) is 0 Å². The number of aliphatic hydroxyl groups excluding tert-OH is 1. The van der Waals surface area contributed by atoms with E-state index in [4.69, 9.17) is 20.2 Å². The van der Waals surface area contributed by atoms with E-state index in [1.165, 1.54) is 0 Å². The van der Waals surface area contributed by atoms with Crippen molar-refractivity contribution in [3.63, 3.8) is 0 Å². The molecular weight excluding hydrogens is 292 g/mol. The number of fused-ring (bicyclic) bond motifs is 1. The van der Waals surface area contributed by atoms with Gasteiger partial charge in [0.1, 0.15) is 5.75 Å². The Labute approximate surface area is 125 Å². The van der Waals surface area contributed by atoms with Crippen LogP contribution in [0.4, 0.5) is 0 Å². The summed E-state index contributed by atoms with van der Waals surface area (Å²) < 4.78 is 10.8. The van der Waals surface area contributed by atoms with Gasteiger partial charge in [0.2, 0.25) is 0 Å². The van der Waals surface area contributed by atoms with Crippen LogP contribution < -0.4 is 15.9 Å². The number of rotatable bonds is 5. The van der Waals surface area contributed by atoms with Crippen molar-refractivity contribution in [2.45, 2.75) is 12.5 Å². The predicted octanol–water partition coefficient (Wildman–Crippen LogP) is 0.00890. The van der Waals surface area contributed by atoms with Crippen molar-refractivity contribution in [3.05, 3.63) is 23.8 Å². The zero-order valence-electron chi connectivity index (χ0n) is 10.3. The molecule has 1 aliphatic rings. The molecule has 0 saturated heterocycles. The lowest BCUT2D eigenvalue weighted by molar-refractivity contribution is 0.198. The Morgan fingerprint density at radius 3 is 2.74 bits per heavy atom. The molecule has 1 aliphatic heterocycles. The number of nitrogens with two attached hydrogens (primary N) is 1. The monoisotopic (exact) mass is 309 g/mol. The van der Waals surface area contributed by atoms with Crippen LogP contribution in [-0.2, 0) is 4.65 Å². The summed E-state index contributed by atoms with van der Waals surface area (Å²) in [6.07, 6.45) is 0.280. The Hall–Kier alpha value is -0.495. The second-order valence-corrected chi connectivity index (χ2v) is 3.90. The lowest BCUT2D eigenvalue weighted by atomic mass is 9.78. The van der Waals surface area contributed by atoms with Crippen LogP contribution in [0, 0.1) is 0 Å². The molecule has 0 saturated carbocycles. The van der Waals surface area contributed by atoms with Gasteiger partial charge in [0, 0.05) is 25.0 Å². The molecule has 108 valence electrons. The summed E-state index contributed by atoms with van der Waals surface area (Å²) in [6, 6.07) is 5.50. The highest BCUT2D eigenvalue weighted by Gasteiger charge is 2.37. The van der Waals surface area contributed by atoms with Crippen molar-refractivity contribution in [2.75, 3.05) is 19.8 Å². The van der Waals surface area contributed by atoms with Crippen LogP contribution in [0.1, 0.15) is 18.1 Å². The van der Waals surface area contributed by atoms with Gasteiger partial charge in [-0.15, -0.1) is 24.8 Å². The summed E-state index contributed by atoms with van der Waals surface area (Å²) in [5.74, 6) is 0.597. The van der Waals surface area contributed by atoms with E-state index >= 15 is 0 Å². The Morgan fingerprint density at radius 2 is 2.11 bits per heavy atom. The van der Waals surface area contributed by atoms with Crippen LogP contribution in [0.3, 0.4) is 0 Å². The Kier molecular flexibility index (Phi) is 8.41. The first-order valence-electron chi connectivity index (χ1n) is 5.68. The second-order valence-electron chi connectivity index (χ2n) is 3.90. The molecule has 0 amide bonds. The molecule has 0 radical (unpaired) electrons. The summed E-state index contributed by atoms with van der Waals surface area (Å²) in [4.78, 5) is 0. The minimum atomic E-state index is -0.983. The van der Waals surface area contributed by atoms with Crippen LogP contribution in [0.5, 0.6) is 5.75 Å². The highest BCUT2D eigenvalue weighted by atomic mass is 35.5. The highest BCUT2D eigenvalue weighted by Crippen LogP contribution is 2.26. The second kappa shape index (κ2) is 8.63. The first-order chi connectivity index (χ1) is 8.27. The maximum atomic E-state index is 9.81. The van der Waals surface area contributed by atoms with Crippen molar-refractivity contribution in [1.82, 2.24) is 0 Å². The topological polar surface area (TPSA) is 84.9 Å². The van der Waals surface area contributed by atoms with Gasteiger partial charge < -0.3 is 25.3 Å². The molecule has 5 nitrogen and oxygen atoms in total. The molecule has 8 heteroatoms. The highest BCUT2D eigenvalue weighted by molar-refractivity contribution is 6.62. The third-order valence-corrected chi connectivity index (χ3v) is 2.76. The van der Waals surface area contributed by atoms with E-state index in [1.54, 1.807) is 6.07 Å². The molecule has 1 aromatic carbocycles. The zero-order valence-corrected chi connectivity index (χ0v) is 12.0. The molecule has 1 heterocycles. The first kappa shape index (κ1) is 18.5. The van der Waals surface area contributed by atoms with E-state index in [0.717, 1.165) is 5.56 Å². The molecular formula is C11H18BCl2NO4. The molecule has 0 fully saturated rings. The van der Waals surface area contributed by atoms with Crippen LogP contribution in [0.2, 0.25) is 0 Å². The molecule has 0 unspecified atom stereocenters. The molecule has 4 N–H and O–H groups in total.